The molecule has 1 fully saturated rings. The summed E-state index contributed by atoms with van der Waals surface area (Å²) in [4.78, 5) is 0.279. The molecule has 0 saturated heterocycles. The van der Waals surface area contributed by atoms with E-state index in [1.165, 1.54) is 12.8 Å². The van der Waals surface area contributed by atoms with Crippen molar-refractivity contribution < 1.29 is 8.42 Å². The van der Waals surface area contributed by atoms with Gasteiger partial charge in [0.15, 0.2) is 0 Å². The van der Waals surface area contributed by atoms with Crippen molar-refractivity contribution >= 4 is 10.0 Å². The van der Waals surface area contributed by atoms with Gasteiger partial charge in [-0.05, 0) is 36.6 Å². The second kappa shape index (κ2) is 6.20. The van der Waals surface area contributed by atoms with Gasteiger partial charge in [-0.15, -0.1) is 0 Å². The van der Waals surface area contributed by atoms with E-state index in [2.05, 4.69) is 16.6 Å². The van der Waals surface area contributed by atoms with Gasteiger partial charge in [-0.3, -0.25) is 0 Å². The molecule has 0 unspecified atom stereocenters. The summed E-state index contributed by atoms with van der Waals surface area (Å²) >= 11 is 0. The minimum Gasteiger partial charge on any atom is -0.320 e. The fraction of sp³-hybridized carbons (Fsp3) is 0.429. The summed E-state index contributed by atoms with van der Waals surface area (Å²) in [6.45, 7) is 0.810. The highest BCUT2D eigenvalue weighted by Crippen LogP contribution is 2.31. The van der Waals surface area contributed by atoms with Gasteiger partial charge >= 0.3 is 0 Å². The Labute approximate surface area is 114 Å². The average molecular weight is 278 g/mol. The Bertz CT molecular complexity index is 578. The molecule has 102 valence electrons. The van der Waals surface area contributed by atoms with E-state index < -0.39 is 10.0 Å². The Morgan fingerprint density at radius 3 is 2.53 bits per heavy atom. The molecule has 3 N–H and O–H groups in total. The van der Waals surface area contributed by atoms with E-state index in [4.69, 9.17) is 5.73 Å². The SMILES string of the molecule is NCC#Cc1ccc(S(=O)(=O)NCCC2CC2)cc1. The number of nitrogens with two attached hydrogens (primary N) is 1. The van der Waals surface area contributed by atoms with E-state index in [0.717, 1.165) is 17.9 Å². The van der Waals surface area contributed by atoms with E-state index in [-0.39, 0.29) is 4.90 Å². The number of sulfonamides is 1. The van der Waals surface area contributed by atoms with Crippen molar-refractivity contribution in [2.75, 3.05) is 13.1 Å². The summed E-state index contributed by atoms with van der Waals surface area (Å²) in [5.74, 6) is 6.31. The second-order valence-electron chi connectivity index (χ2n) is 4.66. The smallest absolute Gasteiger partial charge is 0.240 e. The Kier molecular flexibility index (Phi) is 4.59. The molecule has 0 heterocycles. The van der Waals surface area contributed by atoms with Crippen LogP contribution in [0.1, 0.15) is 24.8 Å². The van der Waals surface area contributed by atoms with Crippen molar-refractivity contribution in [3.8, 4) is 11.8 Å². The van der Waals surface area contributed by atoms with Crippen molar-refractivity contribution in [3.05, 3.63) is 29.8 Å². The van der Waals surface area contributed by atoms with Gasteiger partial charge in [-0.2, -0.15) is 0 Å². The molecule has 0 aliphatic heterocycles. The van der Waals surface area contributed by atoms with Crippen molar-refractivity contribution in [3.63, 3.8) is 0 Å². The molecule has 5 heteroatoms. The van der Waals surface area contributed by atoms with Gasteiger partial charge in [0.2, 0.25) is 10.0 Å². The van der Waals surface area contributed by atoms with Gasteiger partial charge in [0, 0.05) is 12.1 Å². The second-order valence-corrected chi connectivity index (χ2v) is 6.43. The monoisotopic (exact) mass is 278 g/mol. The lowest BCUT2D eigenvalue weighted by atomic mass is 10.2. The molecule has 0 spiro atoms. The molecular weight excluding hydrogens is 260 g/mol. The van der Waals surface area contributed by atoms with Gasteiger partial charge in [-0.1, -0.05) is 24.7 Å². The minimum atomic E-state index is -3.39. The molecular formula is C14H18N2O2S. The Balaban J connectivity index is 1.98. The first kappa shape index (κ1) is 14.1. The minimum absolute atomic E-state index is 0.279. The summed E-state index contributed by atoms with van der Waals surface area (Å²) in [5, 5.41) is 0. The van der Waals surface area contributed by atoms with Crippen LogP contribution >= 0.6 is 0 Å². The van der Waals surface area contributed by atoms with E-state index in [0.29, 0.717) is 13.1 Å². The van der Waals surface area contributed by atoms with Crippen LogP contribution in [0.5, 0.6) is 0 Å². The molecule has 0 amide bonds. The topological polar surface area (TPSA) is 72.2 Å². The van der Waals surface area contributed by atoms with Gasteiger partial charge in [0.05, 0.1) is 11.4 Å². The summed E-state index contributed by atoms with van der Waals surface area (Å²) in [7, 11) is -3.39. The van der Waals surface area contributed by atoms with E-state index >= 15 is 0 Å². The predicted octanol–water partition coefficient (Wildman–Crippen LogP) is 1.08. The normalized spacial score (nSPS) is 14.8. The fourth-order valence-electron chi connectivity index (χ4n) is 1.76. The number of benzene rings is 1. The zero-order chi connectivity index (χ0) is 13.7. The number of hydrogen-bond donors (Lipinski definition) is 2. The van der Waals surface area contributed by atoms with Crippen LogP contribution in [0.15, 0.2) is 29.2 Å². The van der Waals surface area contributed by atoms with Crippen LogP contribution in [0.2, 0.25) is 0 Å². The maximum Gasteiger partial charge on any atom is 0.240 e. The third-order valence-electron chi connectivity index (χ3n) is 3.04. The number of hydrogen-bond acceptors (Lipinski definition) is 3. The molecule has 4 nitrogen and oxygen atoms in total. The molecule has 0 atom stereocenters. The Morgan fingerprint density at radius 2 is 1.95 bits per heavy atom. The highest BCUT2D eigenvalue weighted by atomic mass is 32.2. The molecule has 1 aromatic rings. The van der Waals surface area contributed by atoms with Crippen molar-refractivity contribution in [1.29, 1.82) is 0 Å². The highest BCUT2D eigenvalue weighted by molar-refractivity contribution is 7.89. The summed E-state index contributed by atoms with van der Waals surface area (Å²) < 4.78 is 26.6. The largest absolute Gasteiger partial charge is 0.320 e. The lowest BCUT2D eigenvalue weighted by Gasteiger charge is -2.06. The first-order chi connectivity index (χ1) is 9.12. The van der Waals surface area contributed by atoms with Crippen LogP contribution in [0.25, 0.3) is 0 Å². The molecule has 1 aliphatic rings. The van der Waals surface area contributed by atoms with Crippen molar-refractivity contribution in [2.45, 2.75) is 24.2 Å². The maximum absolute atomic E-state index is 12.0. The molecule has 19 heavy (non-hydrogen) atoms. The summed E-state index contributed by atoms with van der Waals surface area (Å²) in [6.07, 6.45) is 3.39. The quantitative estimate of drug-likeness (QED) is 0.792. The molecule has 0 aromatic heterocycles. The van der Waals surface area contributed by atoms with Gasteiger partial charge in [0.1, 0.15) is 0 Å². The van der Waals surface area contributed by atoms with Gasteiger partial charge in [0.25, 0.3) is 0 Å². The van der Waals surface area contributed by atoms with Crippen LogP contribution in [0.3, 0.4) is 0 Å². The van der Waals surface area contributed by atoms with Crippen molar-refractivity contribution in [2.24, 2.45) is 11.7 Å². The average Bonchev–Trinajstić information content (AvgIpc) is 3.21. The Morgan fingerprint density at radius 1 is 1.26 bits per heavy atom. The van der Waals surface area contributed by atoms with E-state index in [1.807, 2.05) is 0 Å². The van der Waals surface area contributed by atoms with E-state index in [1.54, 1.807) is 24.3 Å². The molecule has 2 rings (SSSR count). The van der Waals surface area contributed by atoms with Crippen LogP contribution in [-0.2, 0) is 10.0 Å². The molecule has 1 aromatic carbocycles. The van der Waals surface area contributed by atoms with E-state index in [9.17, 15) is 8.42 Å². The molecule has 1 aliphatic carbocycles. The lowest BCUT2D eigenvalue weighted by Crippen LogP contribution is -2.25. The third-order valence-corrected chi connectivity index (χ3v) is 4.52. The summed E-state index contributed by atoms with van der Waals surface area (Å²) in [6, 6.07) is 6.52. The molecule has 0 bridgehead atoms. The number of rotatable bonds is 5. The molecule has 0 radical (unpaired) electrons. The van der Waals surface area contributed by atoms with Crippen LogP contribution < -0.4 is 10.5 Å². The summed E-state index contributed by atoms with van der Waals surface area (Å²) in [5.41, 5.74) is 6.05. The van der Waals surface area contributed by atoms with Crippen LogP contribution in [-0.4, -0.2) is 21.5 Å². The first-order valence-corrected chi connectivity index (χ1v) is 7.89. The third kappa shape index (κ3) is 4.35. The van der Waals surface area contributed by atoms with Crippen LogP contribution in [0, 0.1) is 17.8 Å². The fourth-order valence-corrected chi connectivity index (χ4v) is 2.81. The standard InChI is InChI=1S/C14H18N2O2S/c15-10-1-2-12-5-7-14(8-6-12)19(17,18)16-11-9-13-3-4-13/h5-8,13,16H,3-4,9-11,15H2. The Hall–Kier alpha value is -1.35. The molecule has 1 saturated carbocycles. The van der Waals surface area contributed by atoms with Gasteiger partial charge in [-0.25, -0.2) is 13.1 Å². The predicted molar refractivity (Wildman–Crippen MR) is 74.9 cm³/mol. The highest BCUT2D eigenvalue weighted by Gasteiger charge is 2.21. The van der Waals surface area contributed by atoms with Crippen LogP contribution in [0.4, 0.5) is 0 Å². The van der Waals surface area contributed by atoms with Gasteiger partial charge < -0.3 is 5.73 Å². The maximum atomic E-state index is 12.0. The van der Waals surface area contributed by atoms with Crippen molar-refractivity contribution in [1.82, 2.24) is 4.72 Å². The number of nitrogens with one attached hydrogen (secondary N) is 1. The zero-order valence-corrected chi connectivity index (χ0v) is 11.5. The lowest BCUT2D eigenvalue weighted by molar-refractivity contribution is 0.575. The zero-order valence-electron chi connectivity index (χ0n) is 10.7. The first-order valence-electron chi connectivity index (χ1n) is 6.40.